The van der Waals surface area contributed by atoms with Crippen molar-refractivity contribution in [1.29, 1.82) is 0 Å². The summed E-state index contributed by atoms with van der Waals surface area (Å²) in [5, 5.41) is 11.9. The molecular weight excluding hydrogens is 370 g/mol. The lowest BCUT2D eigenvalue weighted by molar-refractivity contribution is -0.137. The van der Waals surface area contributed by atoms with Crippen molar-refractivity contribution in [3.63, 3.8) is 0 Å². The van der Waals surface area contributed by atoms with Crippen LogP contribution in [0.1, 0.15) is 49.7 Å². The Hall–Kier alpha value is -2.57. The van der Waals surface area contributed by atoms with Gasteiger partial charge in [-0.3, -0.25) is 14.4 Å². The van der Waals surface area contributed by atoms with Gasteiger partial charge >= 0.3 is 5.97 Å². The van der Waals surface area contributed by atoms with Crippen molar-refractivity contribution in [1.82, 2.24) is 10.2 Å². The fourth-order valence-corrected chi connectivity index (χ4v) is 4.26. The highest BCUT2D eigenvalue weighted by atomic mass is 16.4. The lowest BCUT2D eigenvalue weighted by atomic mass is 9.86. The summed E-state index contributed by atoms with van der Waals surface area (Å²) in [5.74, 6) is -0.843. The summed E-state index contributed by atoms with van der Waals surface area (Å²) >= 11 is 0. The fraction of sp³-hybridized carbons (Fsp3) is 0.591. The molecule has 1 aromatic carbocycles. The van der Waals surface area contributed by atoms with Crippen LogP contribution in [0, 0.1) is 13.8 Å². The van der Waals surface area contributed by atoms with E-state index in [-0.39, 0.29) is 18.2 Å². The number of carboxylic acid groups (broad SMARTS) is 1. The minimum absolute atomic E-state index is 0.00309. The van der Waals surface area contributed by atoms with Crippen molar-refractivity contribution in [2.24, 2.45) is 0 Å². The van der Waals surface area contributed by atoms with Gasteiger partial charge in [0.15, 0.2) is 0 Å². The second-order valence-electron chi connectivity index (χ2n) is 8.36. The van der Waals surface area contributed by atoms with E-state index in [9.17, 15) is 14.4 Å². The Morgan fingerprint density at radius 2 is 1.76 bits per heavy atom. The average molecular weight is 402 g/mol. The molecule has 1 unspecified atom stereocenters. The SMILES string of the molecule is Cc1ccc(N2CCN(C(=O)CCC3(CCC(=O)O)CCC(=O)N3)CC2)cc1C. The average Bonchev–Trinajstić information content (AvgIpc) is 3.08. The zero-order valence-corrected chi connectivity index (χ0v) is 17.4. The van der Waals surface area contributed by atoms with E-state index in [4.69, 9.17) is 5.11 Å². The summed E-state index contributed by atoms with van der Waals surface area (Å²) in [6, 6.07) is 6.46. The van der Waals surface area contributed by atoms with Crippen LogP contribution in [0.25, 0.3) is 0 Å². The molecule has 0 bridgehead atoms. The number of carbonyl (C=O) groups excluding carboxylic acids is 2. The Labute approximate surface area is 172 Å². The second kappa shape index (κ2) is 8.84. The number of hydrogen-bond acceptors (Lipinski definition) is 4. The van der Waals surface area contributed by atoms with Crippen LogP contribution in [-0.4, -0.2) is 59.5 Å². The first-order valence-corrected chi connectivity index (χ1v) is 10.4. The smallest absolute Gasteiger partial charge is 0.303 e. The number of amides is 2. The number of nitrogens with zero attached hydrogens (tertiary/aromatic N) is 2. The number of nitrogens with one attached hydrogen (secondary N) is 1. The van der Waals surface area contributed by atoms with Gasteiger partial charge in [-0.25, -0.2) is 0 Å². The van der Waals surface area contributed by atoms with E-state index in [1.54, 1.807) is 0 Å². The lowest BCUT2D eigenvalue weighted by Crippen LogP contribution is -2.49. The van der Waals surface area contributed by atoms with Crippen LogP contribution in [0.5, 0.6) is 0 Å². The first-order chi connectivity index (χ1) is 13.8. The van der Waals surface area contributed by atoms with Crippen LogP contribution in [0.3, 0.4) is 0 Å². The van der Waals surface area contributed by atoms with E-state index in [1.165, 1.54) is 16.8 Å². The number of aliphatic carboxylic acids is 1. The summed E-state index contributed by atoms with van der Waals surface area (Å²) in [6.45, 7) is 7.18. The summed E-state index contributed by atoms with van der Waals surface area (Å²) in [7, 11) is 0. The zero-order valence-electron chi connectivity index (χ0n) is 17.4. The van der Waals surface area contributed by atoms with E-state index >= 15 is 0 Å². The first kappa shape index (κ1) is 21.1. The van der Waals surface area contributed by atoms with Crippen molar-refractivity contribution in [2.45, 2.75) is 57.9 Å². The van der Waals surface area contributed by atoms with Gasteiger partial charge < -0.3 is 20.2 Å². The minimum atomic E-state index is -0.876. The van der Waals surface area contributed by atoms with Crippen LogP contribution in [0.15, 0.2) is 18.2 Å². The van der Waals surface area contributed by atoms with Crippen LogP contribution in [0.4, 0.5) is 5.69 Å². The normalized spacial score (nSPS) is 21.9. The van der Waals surface area contributed by atoms with Crippen molar-refractivity contribution >= 4 is 23.5 Å². The third kappa shape index (κ3) is 5.28. The number of rotatable bonds is 7. The largest absolute Gasteiger partial charge is 0.481 e. The van der Waals surface area contributed by atoms with Gasteiger partial charge in [-0.05, 0) is 56.4 Å². The summed E-state index contributed by atoms with van der Waals surface area (Å²) in [5.41, 5.74) is 3.19. The molecule has 0 saturated carbocycles. The minimum Gasteiger partial charge on any atom is -0.481 e. The van der Waals surface area contributed by atoms with Gasteiger partial charge in [0.2, 0.25) is 11.8 Å². The first-order valence-electron chi connectivity index (χ1n) is 10.4. The summed E-state index contributed by atoms with van der Waals surface area (Å²) in [6.07, 6.45) is 2.23. The van der Waals surface area contributed by atoms with Gasteiger partial charge in [0, 0.05) is 56.7 Å². The van der Waals surface area contributed by atoms with Crippen LogP contribution in [0.2, 0.25) is 0 Å². The Balaban J connectivity index is 1.51. The van der Waals surface area contributed by atoms with E-state index in [1.807, 2.05) is 4.90 Å². The highest BCUT2D eigenvalue weighted by Crippen LogP contribution is 2.30. The topological polar surface area (TPSA) is 90.0 Å². The van der Waals surface area contributed by atoms with Gasteiger partial charge in [0.25, 0.3) is 0 Å². The van der Waals surface area contributed by atoms with Crippen molar-refractivity contribution in [3.8, 4) is 0 Å². The predicted octanol–water partition coefficient (Wildman–Crippen LogP) is 2.25. The number of piperazine rings is 1. The molecule has 0 aromatic heterocycles. The fourth-order valence-electron chi connectivity index (χ4n) is 4.26. The highest BCUT2D eigenvalue weighted by Gasteiger charge is 2.38. The molecule has 29 heavy (non-hydrogen) atoms. The monoisotopic (exact) mass is 401 g/mol. The molecule has 1 atom stereocenters. The Kier molecular flexibility index (Phi) is 6.45. The molecule has 1 aromatic rings. The molecule has 0 radical (unpaired) electrons. The molecule has 2 aliphatic rings. The molecule has 0 aliphatic carbocycles. The van der Waals surface area contributed by atoms with E-state index < -0.39 is 11.5 Å². The molecular formula is C22H31N3O4. The Morgan fingerprint density at radius 1 is 1.07 bits per heavy atom. The zero-order chi connectivity index (χ0) is 21.0. The van der Waals surface area contributed by atoms with Crippen molar-refractivity contribution < 1.29 is 19.5 Å². The van der Waals surface area contributed by atoms with Crippen molar-refractivity contribution in [3.05, 3.63) is 29.3 Å². The van der Waals surface area contributed by atoms with Crippen LogP contribution < -0.4 is 10.2 Å². The maximum absolute atomic E-state index is 12.7. The molecule has 0 spiro atoms. The standard InChI is InChI=1S/C22H31N3O4/c1-16-3-4-18(15-17(16)2)24-11-13-25(14-12-24)20(27)6-9-22(10-7-21(28)29)8-5-19(26)23-22/h3-4,15H,5-14H2,1-2H3,(H,23,26)(H,28,29). The molecule has 3 rings (SSSR count). The molecule has 2 aliphatic heterocycles. The lowest BCUT2D eigenvalue weighted by Gasteiger charge is -2.37. The Bertz CT molecular complexity index is 786. The van der Waals surface area contributed by atoms with Gasteiger partial charge in [-0.1, -0.05) is 6.07 Å². The van der Waals surface area contributed by atoms with Gasteiger partial charge in [-0.15, -0.1) is 0 Å². The number of carbonyl (C=O) groups is 3. The molecule has 158 valence electrons. The quantitative estimate of drug-likeness (QED) is 0.731. The van der Waals surface area contributed by atoms with Gasteiger partial charge in [0.05, 0.1) is 0 Å². The number of carboxylic acids is 1. The number of benzene rings is 1. The molecule has 2 saturated heterocycles. The molecule has 7 heteroatoms. The van der Waals surface area contributed by atoms with Crippen LogP contribution >= 0.6 is 0 Å². The van der Waals surface area contributed by atoms with E-state index in [2.05, 4.69) is 42.3 Å². The van der Waals surface area contributed by atoms with Crippen LogP contribution in [-0.2, 0) is 14.4 Å². The molecule has 2 fully saturated rings. The van der Waals surface area contributed by atoms with E-state index in [0.717, 1.165) is 13.1 Å². The Morgan fingerprint density at radius 3 is 2.34 bits per heavy atom. The molecule has 2 heterocycles. The van der Waals surface area contributed by atoms with Gasteiger partial charge in [-0.2, -0.15) is 0 Å². The van der Waals surface area contributed by atoms with Gasteiger partial charge in [0.1, 0.15) is 0 Å². The third-order valence-electron chi connectivity index (χ3n) is 6.36. The van der Waals surface area contributed by atoms with E-state index in [0.29, 0.717) is 45.2 Å². The molecule has 7 nitrogen and oxygen atoms in total. The second-order valence-corrected chi connectivity index (χ2v) is 8.36. The maximum Gasteiger partial charge on any atom is 0.303 e. The molecule has 2 N–H and O–H groups in total. The predicted molar refractivity (Wildman–Crippen MR) is 111 cm³/mol. The number of anilines is 1. The highest BCUT2D eigenvalue weighted by molar-refractivity contribution is 5.80. The van der Waals surface area contributed by atoms with Crippen molar-refractivity contribution in [2.75, 3.05) is 31.1 Å². The number of aryl methyl sites for hydroxylation is 2. The number of hydrogen-bond donors (Lipinski definition) is 2. The maximum atomic E-state index is 12.7. The summed E-state index contributed by atoms with van der Waals surface area (Å²) < 4.78 is 0. The summed E-state index contributed by atoms with van der Waals surface area (Å²) in [4.78, 5) is 39.6. The third-order valence-corrected chi connectivity index (χ3v) is 6.36. The molecule has 2 amide bonds.